The summed E-state index contributed by atoms with van der Waals surface area (Å²) in [5, 5.41) is 0. The summed E-state index contributed by atoms with van der Waals surface area (Å²) in [5.41, 5.74) is 9.96. The Morgan fingerprint density at radius 3 is 2.53 bits per heavy atom. The molecule has 2 aromatic rings. The molecule has 0 saturated heterocycles. The molecule has 2 rings (SSSR count). The largest absolute Gasteiger partial charge is 0.324 e. The van der Waals surface area contributed by atoms with E-state index in [2.05, 4.69) is 53.2 Å². The molecular weight excluding hydrogens is 274 g/mol. The number of rotatable bonds is 3. The Hall–Kier alpha value is -1.12. The summed E-state index contributed by atoms with van der Waals surface area (Å²) in [6, 6.07) is 16.7. The van der Waals surface area contributed by atoms with Gasteiger partial charge in [0.1, 0.15) is 0 Å². The van der Waals surface area contributed by atoms with Gasteiger partial charge in [-0.05, 0) is 30.5 Å². The zero-order chi connectivity index (χ0) is 12.3. The first kappa shape index (κ1) is 12.3. The zero-order valence-corrected chi connectivity index (χ0v) is 11.4. The van der Waals surface area contributed by atoms with E-state index in [1.165, 1.54) is 16.7 Å². The fourth-order valence-corrected chi connectivity index (χ4v) is 2.47. The van der Waals surface area contributed by atoms with E-state index in [-0.39, 0.29) is 6.04 Å². The number of hydrogen-bond donors (Lipinski definition) is 1. The monoisotopic (exact) mass is 289 g/mol. The van der Waals surface area contributed by atoms with Crippen LogP contribution in [0.1, 0.15) is 22.7 Å². The van der Waals surface area contributed by atoms with Gasteiger partial charge in [0.05, 0.1) is 0 Å². The van der Waals surface area contributed by atoms with Crippen LogP contribution < -0.4 is 5.73 Å². The number of halogens is 1. The van der Waals surface area contributed by atoms with E-state index in [0.29, 0.717) is 0 Å². The fourth-order valence-electron chi connectivity index (χ4n) is 1.93. The Balaban J connectivity index is 2.20. The highest BCUT2D eigenvalue weighted by molar-refractivity contribution is 9.10. The first-order valence-electron chi connectivity index (χ1n) is 5.72. The number of nitrogens with two attached hydrogens (primary N) is 1. The fraction of sp³-hybridized carbons (Fsp3) is 0.200. The van der Waals surface area contributed by atoms with Crippen LogP contribution in [0, 0.1) is 6.92 Å². The van der Waals surface area contributed by atoms with Gasteiger partial charge in [-0.3, -0.25) is 0 Å². The lowest BCUT2D eigenvalue weighted by Gasteiger charge is -2.14. The second kappa shape index (κ2) is 5.48. The summed E-state index contributed by atoms with van der Waals surface area (Å²) in [6.45, 7) is 2.09. The third-order valence-electron chi connectivity index (χ3n) is 2.85. The van der Waals surface area contributed by atoms with Gasteiger partial charge in [-0.15, -0.1) is 0 Å². The van der Waals surface area contributed by atoms with Crippen LogP contribution in [0.3, 0.4) is 0 Å². The van der Waals surface area contributed by atoms with Crippen molar-refractivity contribution in [3.63, 3.8) is 0 Å². The van der Waals surface area contributed by atoms with Crippen LogP contribution >= 0.6 is 15.9 Å². The molecule has 0 aromatic heterocycles. The highest BCUT2D eigenvalue weighted by Gasteiger charge is 2.10. The molecule has 0 spiro atoms. The molecule has 0 saturated carbocycles. The Labute approximate surface area is 111 Å². The van der Waals surface area contributed by atoms with Crippen molar-refractivity contribution in [2.45, 2.75) is 19.4 Å². The molecule has 0 amide bonds. The van der Waals surface area contributed by atoms with Crippen molar-refractivity contribution in [3.05, 3.63) is 69.7 Å². The second-order valence-electron chi connectivity index (χ2n) is 4.32. The standard InChI is InChI=1S/C15H16BrN/c1-11-7-8-14(16)13(9-11)15(17)10-12-5-3-2-4-6-12/h2-9,15H,10,17H2,1H3. The highest BCUT2D eigenvalue weighted by atomic mass is 79.9. The minimum Gasteiger partial charge on any atom is -0.324 e. The molecule has 0 aliphatic heterocycles. The van der Waals surface area contributed by atoms with Crippen molar-refractivity contribution in [1.29, 1.82) is 0 Å². The van der Waals surface area contributed by atoms with E-state index in [1.807, 2.05) is 18.2 Å². The SMILES string of the molecule is Cc1ccc(Br)c(C(N)Cc2ccccc2)c1. The summed E-state index contributed by atoms with van der Waals surface area (Å²) in [7, 11) is 0. The van der Waals surface area contributed by atoms with Crippen LogP contribution in [0.5, 0.6) is 0 Å². The maximum Gasteiger partial charge on any atom is 0.0347 e. The predicted octanol–water partition coefficient (Wildman–Crippen LogP) is 4.00. The molecular formula is C15H16BrN. The maximum atomic E-state index is 6.27. The Bertz CT molecular complexity index is 494. The van der Waals surface area contributed by atoms with Crippen molar-refractivity contribution in [2.24, 2.45) is 5.73 Å². The van der Waals surface area contributed by atoms with E-state index in [9.17, 15) is 0 Å². The Kier molecular flexibility index (Phi) is 3.97. The molecule has 0 aliphatic carbocycles. The normalized spacial score (nSPS) is 12.4. The molecule has 0 fully saturated rings. The van der Waals surface area contributed by atoms with Crippen molar-refractivity contribution in [2.75, 3.05) is 0 Å². The lowest BCUT2D eigenvalue weighted by atomic mass is 9.98. The van der Waals surface area contributed by atoms with E-state index in [4.69, 9.17) is 5.73 Å². The van der Waals surface area contributed by atoms with E-state index in [1.54, 1.807) is 0 Å². The molecule has 88 valence electrons. The quantitative estimate of drug-likeness (QED) is 0.908. The van der Waals surface area contributed by atoms with Gasteiger partial charge in [-0.1, -0.05) is 64.0 Å². The summed E-state index contributed by atoms with van der Waals surface area (Å²) in [6.07, 6.45) is 0.864. The van der Waals surface area contributed by atoms with Crippen molar-refractivity contribution in [3.8, 4) is 0 Å². The van der Waals surface area contributed by atoms with Crippen LogP contribution in [-0.2, 0) is 6.42 Å². The minimum atomic E-state index is 0.0340. The smallest absolute Gasteiger partial charge is 0.0347 e. The minimum absolute atomic E-state index is 0.0340. The average molecular weight is 290 g/mol. The van der Waals surface area contributed by atoms with E-state index in [0.717, 1.165) is 10.9 Å². The van der Waals surface area contributed by atoms with Crippen molar-refractivity contribution < 1.29 is 0 Å². The van der Waals surface area contributed by atoms with Gasteiger partial charge < -0.3 is 5.73 Å². The molecule has 1 atom stereocenters. The van der Waals surface area contributed by atoms with Gasteiger partial charge in [0.25, 0.3) is 0 Å². The van der Waals surface area contributed by atoms with Gasteiger partial charge in [0.2, 0.25) is 0 Å². The number of aryl methyl sites for hydroxylation is 1. The summed E-state index contributed by atoms with van der Waals surface area (Å²) < 4.78 is 1.09. The molecule has 1 unspecified atom stereocenters. The number of benzene rings is 2. The lowest BCUT2D eigenvalue weighted by Crippen LogP contribution is -2.14. The molecule has 2 N–H and O–H groups in total. The van der Waals surface area contributed by atoms with E-state index < -0.39 is 0 Å². The van der Waals surface area contributed by atoms with Crippen LogP contribution in [0.15, 0.2) is 53.0 Å². The molecule has 0 aliphatic rings. The third kappa shape index (κ3) is 3.18. The first-order chi connectivity index (χ1) is 8.16. The molecule has 2 aromatic carbocycles. The van der Waals surface area contributed by atoms with Crippen LogP contribution in [-0.4, -0.2) is 0 Å². The van der Waals surface area contributed by atoms with Gasteiger partial charge in [0, 0.05) is 10.5 Å². The molecule has 0 bridgehead atoms. The summed E-state index contributed by atoms with van der Waals surface area (Å²) in [5.74, 6) is 0. The van der Waals surface area contributed by atoms with Crippen LogP contribution in [0.2, 0.25) is 0 Å². The van der Waals surface area contributed by atoms with Gasteiger partial charge in [-0.2, -0.15) is 0 Å². The van der Waals surface area contributed by atoms with Crippen molar-refractivity contribution >= 4 is 15.9 Å². The highest BCUT2D eigenvalue weighted by Crippen LogP contribution is 2.25. The number of hydrogen-bond acceptors (Lipinski definition) is 1. The zero-order valence-electron chi connectivity index (χ0n) is 9.86. The van der Waals surface area contributed by atoms with Crippen molar-refractivity contribution in [1.82, 2.24) is 0 Å². The third-order valence-corrected chi connectivity index (χ3v) is 3.57. The van der Waals surface area contributed by atoms with Gasteiger partial charge >= 0.3 is 0 Å². The van der Waals surface area contributed by atoms with E-state index >= 15 is 0 Å². The van der Waals surface area contributed by atoms with Crippen LogP contribution in [0.4, 0.5) is 0 Å². The second-order valence-corrected chi connectivity index (χ2v) is 5.18. The summed E-state index contributed by atoms with van der Waals surface area (Å²) in [4.78, 5) is 0. The topological polar surface area (TPSA) is 26.0 Å². The molecule has 17 heavy (non-hydrogen) atoms. The summed E-state index contributed by atoms with van der Waals surface area (Å²) >= 11 is 3.56. The molecule has 2 heteroatoms. The first-order valence-corrected chi connectivity index (χ1v) is 6.51. The van der Waals surface area contributed by atoms with Gasteiger partial charge in [0.15, 0.2) is 0 Å². The predicted molar refractivity (Wildman–Crippen MR) is 76.0 cm³/mol. The molecule has 0 radical (unpaired) electrons. The Morgan fingerprint density at radius 2 is 1.82 bits per heavy atom. The molecule has 0 heterocycles. The van der Waals surface area contributed by atoms with Gasteiger partial charge in [-0.25, -0.2) is 0 Å². The maximum absolute atomic E-state index is 6.27. The van der Waals surface area contributed by atoms with Crippen LogP contribution in [0.25, 0.3) is 0 Å². The lowest BCUT2D eigenvalue weighted by molar-refractivity contribution is 0.717. The molecule has 1 nitrogen and oxygen atoms in total. The Morgan fingerprint density at radius 1 is 1.12 bits per heavy atom. The average Bonchev–Trinajstić information content (AvgIpc) is 2.33.